The topological polar surface area (TPSA) is 12.0 Å². The third-order valence-electron chi connectivity index (χ3n) is 2.09. The molecule has 1 nitrogen and oxygen atoms in total. The molecule has 0 spiro atoms. The molecule has 1 aliphatic rings. The smallest absolute Gasteiger partial charge is 0.0410 e. The predicted molar refractivity (Wildman–Crippen MR) is 58.4 cm³/mol. The van der Waals surface area contributed by atoms with Gasteiger partial charge in [0.05, 0.1) is 0 Å². The van der Waals surface area contributed by atoms with E-state index in [1.165, 1.54) is 5.57 Å². The Morgan fingerprint density at radius 1 is 1.46 bits per heavy atom. The molecule has 1 heteroatoms. The van der Waals surface area contributed by atoms with Crippen LogP contribution in [0.1, 0.15) is 20.3 Å². The van der Waals surface area contributed by atoms with Gasteiger partial charge < -0.3 is 5.32 Å². The first kappa shape index (κ1) is 9.85. The fourth-order valence-corrected chi connectivity index (χ4v) is 1.11. The van der Waals surface area contributed by atoms with Gasteiger partial charge in [-0.05, 0) is 31.4 Å². The van der Waals surface area contributed by atoms with Crippen LogP contribution in [0, 0.1) is 0 Å². The summed E-state index contributed by atoms with van der Waals surface area (Å²) in [6, 6.07) is 0.397. The van der Waals surface area contributed by atoms with E-state index in [1.54, 1.807) is 0 Å². The Hall–Kier alpha value is -1.24. The van der Waals surface area contributed by atoms with Gasteiger partial charge in [-0.2, -0.15) is 0 Å². The molecular weight excluding hydrogens is 158 g/mol. The SMILES string of the molecule is C=C1/C=C\C/C=C\C(C)NC=C1C. The van der Waals surface area contributed by atoms with Crippen LogP contribution in [0.4, 0.5) is 0 Å². The van der Waals surface area contributed by atoms with Crippen LogP contribution < -0.4 is 5.32 Å². The molecular formula is C12H17N. The lowest BCUT2D eigenvalue weighted by Crippen LogP contribution is -2.18. The van der Waals surface area contributed by atoms with Crippen molar-refractivity contribution in [1.29, 1.82) is 0 Å². The van der Waals surface area contributed by atoms with Gasteiger partial charge >= 0.3 is 0 Å². The molecule has 1 aliphatic heterocycles. The van der Waals surface area contributed by atoms with Crippen LogP contribution in [0.3, 0.4) is 0 Å². The van der Waals surface area contributed by atoms with Gasteiger partial charge in [-0.25, -0.2) is 0 Å². The summed E-state index contributed by atoms with van der Waals surface area (Å²) in [6.45, 7) is 8.18. The zero-order chi connectivity index (χ0) is 9.68. The van der Waals surface area contributed by atoms with Crippen molar-refractivity contribution in [3.05, 3.63) is 48.2 Å². The van der Waals surface area contributed by atoms with Crippen molar-refractivity contribution in [3.8, 4) is 0 Å². The number of nitrogens with one attached hydrogen (secondary N) is 1. The number of rotatable bonds is 0. The van der Waals surface area contributed by atoms with Crippen molar-refractivity contribution >= 4 is 0 Å². The summed E-state index contributed by atoms with van der Waals surface area (Å²) in [5, 5.41) is 3.29. The van der Waals surface area contributed by atoms with E-state index in [2.05, 4.69) is 50.0 Å². The Kier molecular flexibility index (Phi) is 3.56. The van der Waals surface area contributed by atoms with Crippen LogP contribution in [0.5, 0.6) is 0 Å². The van der Waals surface area contributed by atoms with E-state index in [0.717, 1.165) is 12.0 Å². The summed E-state index contributed by atoms with van der Waals surface area (Å²) >= 11 is 0. The second-order valence-electron chi connectivity index (χ2n) is 3.37. The van der Waals surface area contributed by atoms with Crippen molar-refractivity contribution in [1.82, 2.24) is 5.32 Å². The van der Waals surface area contributed by atoms with Crippen molar-refractivity contribution in [2.24, 2.45) is 0 Å². The summed E-state index contributed by atoms with van der Waals surface area (Å²) in [4.78, 5) is 0. The summed E-state index contributed by atoms with van der Waals surface area (Å²) < 4.78 is 0. The highest BCUT2D eigenvalue weighted by molar-refractivity contribution is 5.35. The lowest BCUT2D eigenvalue weighted by atomic mass is 10.1. The quantitative estimate of drug-likeness (QED) is 0.558. The third kappa shape index (κ3) is 3.32. The molecule has 0 fully saturated rings. The molecule has 1 rings (SSSR count). The standard InChI is InChI=1S/C12H17N/c1-10-7-5-4-6-8-12(3)13-9-11(10)2/h5-9,12-13H,1,4H2,2-3H3/b7-5-,8-6-,11-9?. The van der Waals surface area contributed by atoms with Gasteiger partial charge in [0, 0.05) is 12.2 Å². The highest BCUT2D eigenvalue weighted by Crippen LogP contribution is 2.09. The van der Waals surface area contributed by atoms with Crippen molar-refractivity contribution in [3.63, 3.8) is 0 Å². The molecule has 1 unspecified atom stereocenters. The lowest BCUT2D eigenvalue weighted by Gasteiger charge is -2.09. The molecule has 0 amide bonds. The van der Waals surface area contributed by atoms with Crippen LogP contribution in [0.2, 0.25) is 0 Å². The summed E-state index contributed by atoms with van der Waals surface area (Å²) in [5.74, 6) is 0. The van der Waals surface area contributed by atoms with Gasteiger partial charge in [0.1, 0.15) is 0 Å². The minimum absolute atomic E-state index is 0.397. The van der Waals surface area contributed by atoms with E-state index in [9.17, 15) is 0 Å². The molecule has 0 aromatic heterocycles. The normalized spacial score (nSPS) is 28.6. The minimum Gasteiger partial charge on any atom is -0.385 e. The van der Waals surface area contributed by atoms with Gasteiger partial charge in [0.25, 0.3) is 0 Å². The highest BCUT2D eigenvalue weighted by atomic mass is 14.9. The zero-order valence-electron chi connectivity index (χ0n) is 8.38. The maximum atomic E-state index is 3.97. The van der Waals surface area contributed by atoms with Gasteiger partial charge in [-0.1, -0.05) is 30.9 Å². The van der Waals surface area contributed by atoms with E-state index in [0.29, 0.717) is 6.04 Å². The van der Waals surface area contributed by atoms with Crippen molar-refractivity contribution < 1.29 is 0 Å². The first-order chi connectivity index (χ1) is 6.20. The number of hydrogen-bond acceptors (Lipinski definition) is 1. The molecule has 0 saturated carbocycles. The summed E-state index contributed by atoms with van der Waals surface area (Å²) in [6.07, 6.45) is 11.5. The first-order valence-electron chi connectivity index (χ1n) is 4.65. The molecule has 13 heavy (non-hydrogen) atoms. The molecule has 0 aliphatic carbocycles. The Labute approximate surface area is 80.5 Å². The highest BCUT2D eigenvalue weighted by Gasteiger charge is 1.96. The van der Waals surface area contributed by atoms with Crippen LogP contribution in [-0.4, -0.2) is 6.04 Å². The number of hydrogen-bond donors (Lipinski definition) is 1. The van der Waals surface area contributed by atoms with Gasteiger partial charge in [-0.3, -0.25) is 0 Å². The van der Waals surface area contributed by atoms with Crippen LogP contribution in [0.15, 0.2) is 48.2 Å². The molecule has 70 valence electrons. The Bertz CT molecular complexity index is 269. The molecule has 0 aromatic rings. The Balaban J connectivity index is 2.79. The molecule has 0 aromatic carbocycles. The predicted octanol–water partition coefficient (Wildman–Crippen LogP) is 2.94. The van der Waals surface area contributed by atoms with Crippen LogP contribution in [-0.2, 0) is 0 Å². The fourth-order valence-electron chi connectivity index (χ4n) is 1.11. The zero-order valence-corrected chi connectivity index (χ0v) is 8.38. The van der Waals surface area contributed by atoms with E-state index in [4.69, 9.17) is 0 Å². The van der Waals surface area contributed by atoms with E-state index in [1.807, 2.05) is 6.20 Å². The number of allylic oxidation sites excluding steroid dienone is 5. The molecule has 1 heterocycles. The molecule has 0 bridgehead atoms. The molecule has 0 radical (unpaired) electrons. The Morgan fingerprint density at radius 2 is 2.23 bits per heavy atom. The second-order valence-corrected chi connectivity index (χ2v) is 3.37. The summed E-state index contributed by atoms with van der Waals surface area (Å²) in [5.41, 5.74) is 2.27. The maximum Gasteiger partial charge on any atom is 0.0410 e. The van der Waals surface area contributed by atoms with Crippen molar-refractivity contribution in [2.75, 3.05) is 0 Å². The largest absolute Gasteiger partial charge is 0.385 e. The minimum atomic E-state index is 0.397. The lowest BCUT2D eigenvalue weighted by molar-refractivity contribution is 0.762. The molecule has 1 atom stereocenters. The van der Waals surface area contributed by atoms with Crippen LogP contribution >= 0.6 is 0 Å². The summed E-state index contributed by atoms with van der Waals surface area (Å²) in [7, 11) is 0. The van der Waals surface area contributed by atoms with E-state index < -0.39 is 0 Å². The fraction of sp³-hybridized carbons (Fsp3) is 0.333. The first-order valence-corrected chi connectivity index (χ1v) is 4.65. The van der Waals surface area contributed by atoms with Crippen molar-refractivity contribution in [2.45, 2.75) is 26.3 Å². The molecule has 0 saturated heterocycles. The third-order valence-corrected chi connectivity index (χ3v) is 2.09. The average Bonchev–Trinajstić information content (AvgIpc) is 2.12. The Morgan fingerprint density at radius 3 is 3.00 bits per heavy atom. The van der Waals surface area contributed by atoms with Gasteiger partial charge in [-0.15, -0.1) is 0 Å². The van der Waals surface area contributed by atoms with E-state index in [-0.39, 0.29) is 0 Å². The van der Waals surface area contributed by atoms with Crippen LogP contribution in [0.25, 0.3) is 0 Å². The maximum absolute atomic E-state index is 3.97. The van der Waals surface area contributed by atoms with Gasteiger partial charge in [0.2, 0.25) is 0 Å². The average molecular weight is 175 g/mol. The second kappa shape index (κ2) is 4.70. The van der Waals surface area contributed by atoms with Gasteiger partial charge in [0.15, 0.2) is 0 Å². The molecule has 1 N–H and O–H groups in total. The monoisotopic (exact) mass is 175 g/mol. The van der Waals surface area contributed by atoms with E-state index >= 15 is 0 Å².